The largest absolute Gasteiger partial charge is 0.459 e. The van der Waals surface area contributed by atoms with Gasteiger partial charge in [0.05, 0.1) is 11.7 Å². The van der Waals surface area contributed by atoms with Crippen molar-refractivity contribution in [2.75, 3.05) is 0 Å². The van der Waals surface area contributed by atoms with Crippen LogP contribution in [0.4, 0.5) is 0 Å². The fourth-order valence-corrected chi connectivity index (χ4v) is 0.842. The molecule has 0 rings (SSSR count). The molecule has 0 bridgehead atoms. The van der Waals surface area contributed by atoms with Gasteiger partial charge in [0, 0.05) is 0 Å². The highest BCUT2D eigenvalue weighted by molar-refractivity contribution is 5.88. The van der Waals surface area contributed by atoms with Crippen LogP contribution in [0.25, 0.3) is 0 Å². The smallest absolute Gasteiger partial charge is 0.342 e. The van der Waals surface area contributed by atoms with Gasteiger partial charge in [0.15, 0.2) is 0 Å². The molecule has 0 aliphatic carbocycles. The van der Waals surface area contributed by atoms with Gasteiger partial charge < -0.3 is 4.74 Å². The third kappa shape index (κ3) is 3.95. The van der Waals surface area contributed by atoms with Gasteiger partial charge >= 0.3 is 5.97 Å². The molecule has 0 saturated heterocycles. The fraction of sp³-hybridized carbons (Fsp3) is 0.636. The first-order chi connectivity index (χ1) is 6.02. The summed E-state index contributed by atoms with van der Waals surface area (Å²) in [6.07, 6.45) is 0.795. The molecular weight excluding hydrogens is 164 g/mol. The van der Waals surface area contributed by atoms with Crippen molar-refractivity contribution in [2.24, 2.45) is 5.92 Å². The average molecular weight is 182 g/mol. The van der Waals surface area contributed by atoms with E-state index in [1.165, 1.54) is 0 Å². The molecule has 13 heavy (non-hydrogen) atoms. The summed E-state index contributed by atoms with van der Waals surface area (Å²) in [6, 6.07) is 0. The minimum absolute atomic E-state index is 0.0328. The fourth-order valence-electron chi connectivity index (χ4n) is 0.842. The third-order valence-electron chi connectivity index (χ3n) is 1.87. The summed E-state index contributed by atoms with van der Waals surface area (Å²) in [5, 5.41) is 0. The standard InChI is InChI=1S/C11H18O2/c1-6-9(5)13-11(12)10(7-2)8(3)4/h8-9H,2,6H2,1,3-5H3. The van der Waals surface area contributed by atoms with E-state index in [9.17, 15) is 4.79 Å². The maximum absolute atomic E-state index is 11.4. The molecular formula is C11H18O2. The number of esters is 1. The van der Waals surface area contributed by atoms with Gasteiger partial charge in [-0.1, -0.05) is 27.4 Å². The van der Waals surface area contributed by atoms with Gasteiger partial charge in [-0.3, -0.25) is 0 Å². The number of rotatable bonds is 4. The molecule has 0 spiro atoms. The summed E-state index contributed by atoms with van der Waals surface area (Å²) in [7, 11) is 0. The molecule has 2 heteroatoms. The molecule has 0 radical (unpaired) electrons. The second-order valence-electron chi connectivity index (χ2n) is 3.37. The molecule has 74 valence electrons. The first-order valence-corrected chi connectivity index (χ1v) is 4.63. The summed E-state index contributed by atoms with van der Waals surface area (Å²) in [5.41, 5.74) is 3.15. The summed E-state index contributed by atoms with van der Waals surface area (Å²) in [6.45, 7) is 11.2. The Morgan fingerprint density at radius 1 is 1.46 bits per heavy atom. The Bertz CT molecular complexity index is 222. The number of ether oxygens (including phenoxy) is 1. The van der Waals surface area contributed by atoms with Crippen molar-refractivity contribution in [1.29, 1.82) is 0 Å². The average Bonchev–Trinajstić information content (AvgIpc) is 2.04. The zero-order chi connectivity index (χ0) is 10.4. The van der Waals surface area contributed by atoms with Gasteiger partial charge in [0.1, 0.15) is 0 Å². The van der Waals surface area contributed by atoms with Crippen LogP contribution in [0.5, 0.6) is 0 Å². The molecule has 1 atom stereocenters. The first kappa shape index (κ1) is 12.0. The van der Waals surface area contributed by atoms with Crippen LogP contribution in [0.2, 0.25) is 0 Å². The van der Waals surface area contributed by atoms with Crippen molar-refractivity contribution < 1.29 is 9.53 Å². The lowest BCUT2D eigenvalue weighted by Gasteiger charge is -2.13. The lowest BCUT2D eigenvalue weighted by Crippen LogP contribution is -2.17. The second-order valence-corrected chi connectivity index (χ2v) is 3.37. The van der Waals surface area contributed by atoms with Gasteiger partial charge in [-0.15, -0.1) is 5.73 Å². The highest BCUT2D eigenvalue weighted by Gasteiger charge is 2.16. The summed E-state index contributed by atoms with van der Waals surface area (Å²) in [4.78, 5) is 11.4. The van der Waals surface area contributed by atoms with E-state index in [4.69, 9.17) is 4.74 Å². The predicted molar refractivity (Wildman–Crippen MR) is 53.3 cm³/mol. The van der Waals surface area contributed by atoms with Crippen LogP contribution in [0.1, 0.15) is 34.1 Å². The van der Waals surface area contributed by atoms with Gasteiger partial charge in [0.25, 0.3) is 0 Å². The quantitative estimate of drug-likeness (QED) is 0.379. The van der Waals surface area contributed by atoms with Gasteiger partial charge in [-0.2, -0.15) is 0 Å². The van der Waals surface area contributed by atoms with Crippen molar-refractivity contribution in [2.45, 2.75) is 40.2 Å². The van der Waals surface area contributed by atoms with Crippen molar-refractivity contribution in [3.63, 3.8) is 0 Å². The predicted octanol–water partition coefficient (Wildman–Crippen LogP) is 2.70. The Labute approximate surface area is 80.3 Å². The summed E-state index contributed by atoms with van der Waals surface area (Å²) in [5.74, 6) is -0.173. The molecule has 0 aromatic heterocycles. The van der Waals surface area contributed by atoms with Crippen molar-refractivity contribution in [1.82, 2.24) is 0 Å². The van der Waals surface area contributed by atoms with Crippen LogP contribution in [0.3, 0.4) is 0 Å². The Morgan fingerprint density at radius 2 is 2.00 bits per heavy atom. The van der Waals surface area contributed by atoms with Gasteiger partial charge in [-0.05, 0) is 19.3 Å². The molecule has 0 aromatic carbocycles. The SMILES string of the molecule is C=C=C(C(=O)OC(C)CC)C(C)C. The van der Waals surface area contributed by atoms with E-state index in [1.54, 1.807) is 0 Å². The van der Waals surface area contributed by atoms with Crippen molar-refractivity contribution in [3.8, 4) is 0 Å². The third-order valence-corrected chi connectivity index (χ3v) is 1.87. The van der Waals surface area contributed by atoms with E-state index in [0.717, 1.165) is 6.42 Å². The van der Waals surface area contributed by atoms with Crippen LogP contribution < -0.4 is 0 Å². The van der Waals surface area contributed by atoms with Crippen LogP contribution in [0, 0.1) is 5.92 Å². The Balaban J connectivity index is 4.33. The minimum atomic E-state index is -0.292. The molecule has 0 aromatic rings. The highest BCUT2D eigenvalue weighted by atomic mass is 16.5. The topological polar surface area (TPSA) is 26.3 Å². The van der Waals surface area contributed by atoms with E-state index >= 15 is 0 Å². The number of hydrogen-bond acceptors (Lipinski definition) is 2. The van der Waals surface area contributed by atoms with E-state index in [2.05, 4.69) is 12.3 Å². The molecule has 0 N–H and O–H groups in total. The number of carbonyl (C=O) groups is 1. The summed E-state index contributed by atoms with van der Waals surface area (Å²) >= 11 is 0. The molecule has 2 nitrogen and oxygen atoms in total. The van der Waals surface area contributed by atoms with E-state index in [-0.39, 0.29) is 18.0 Å². The highest BCUT2D eigenvalue weighted by Crippen LogP contribution is 2.11. The zero-order valence-corrected chi connectivity index (χ0v) is 8.89. The maximum Gasteiger partial charge on any atom is 0.342 e. The molecule has 0 fully saturated rings. The molecule has 0 amide bonds. The van der Waals surface area contributed by atoms with Crippen LogP contribution in [-0.2, 0) is 9.53 Å². The van der Waals surface area contributed by atoms with Gasteiger partial charge in [-0.25, -0.2) is 4.79 Å². The minimum Gasteiger partial charge on any atom is -0.459 e. The Morgan fingerprint density at radius 3 is 2.31 bits per heavy atom. The second kappa shape index (κ2) is 5.60. The molecule has 0 heterocycles. The van der Waals surface area contributed by atoms with Gasteiger partial charge in [0.2, 0.25) is 0 Å². The van der Waals surface area contributed by atoms with Crippen LogP contribution in [-0.4, -0.2) is 12.1 Å². The maximum atomic E-state index is 11.4. The molecule has 0 aliphatic rings. The zero-order valence-electron chi connectivity index (χ0n) is 8.89. The molecule has 0 saturated carbocycles. The monoisotopic (exact) mass is 182 g/mol. The molecule has 1 unspecified atom stereocenters. The van der Waals surface area contributed by atoms with Crippen molar-refractivity contribution >= 4 is 5.97 Å². The summed E-state index contributed by atoms with van der Waals surface area (Å²) < 4.78 is 5.14. The van der Waals surface area contributed by atoms with Crippen molar-refractivity contribution in [3.05, 3.63) is 17.9 Å². The lowest BCUT2D eigenvalue weighted by atomic mass is 10.1. The normalized spacial score (nSPS) is 12.1. The van der Waals surface area contributed by atoms with E-state index < -0.39 is 0 Å². The number of hydrogen-bond donors (Lipinski definition) is 0. The van der Waals surface area contributed by atoms with E-state index in [0.29, 0.717) is 5.57 Å². The van der Waals surface area contributed by atoms with E-state index in [1.807, 2.05) is 27.7 Å². The Kier molecular flexibility index (Phi) is 5.17. The first-order valence-electron chi connectivity index (χ1n) is 4.63. The Hall–Kier alpha value is -1.01. The lowest BCUT2D eigenvalue weighted by molar-refractivity contribution is -0.144. The number of carbonyl (C=O) groups excluding carboxylic acids is 1. The molecule has 0 aliphatic heterocycles. The van der Waals surface area contributed by atoms with Crippen LogP contribution >= 0.6 is 0 Å². The van der Waals surface area contributed by atoms with Crippen LogP contribution in [0.15, 0.2) is 17.9 Å².